The fourth-order valence-electron chi connectivity index (χ4n) is 1.69. The molecule has 0 aliphatic rings. The second kappa shape index (κ2) is 11.7. The second-order valence-corrected chi connectivity index (χ2v) is 6.51. The van der Waals surface area contributed by atoms with Crippen molar-refractivity contribution in [1.82, 2.24) is 0 Å². The zero-order valence-corrected chi connectivity index (χ0v) is 11.2. The average Bonchev–Trinajstić information content (AvgIpc) is 2.25. The summed E-state index contributed by atoms with van der Waals surface area (Å²) in [7, 11) is -0.0118. The number of aliphatic hydroxyl groups excluding tert-OH is 3. The van der Waals surface area contributed by atoms with Crippen LogP contribution in [-0.2, 0) is 10.9 Å². The third kappa shape index (κ3) is 9.46. The van der Waals surface area contributed by atoms with E-state index in [4.69, 9.17) is 10.2 Å². The molecule has 0 spiro atoms. The zero-order valence-electron chi connectivity index (χ0n) is 10.4. The summed E-state index contributed by atoms with van der Waals surface area (Å²) in [5, 5.41) is 27.5. The van der Waals surface area contributed by atoms with Crippen LogP contribution < -0.4 is 0 Å². The van der Waals surface area contributed by atoms with Crippen molar-refractivity contribution in [3.63, 3.8) is 0 Å². The second-order valence-electron chi connectivity index (χ2n) is 4.14. The SMILES string of the molecule is CCCCCCC(O)C[S+](CCO)CCO. The van der Waals surface area contributed by atoms with E-state index in [2.05, 4.69) is 6.92 Å². The first-order valence-electron chi connectivity index (χ1n) is 6.28. The summed E-state index contributed by atoms with van der Waals surface area (Å²) in [4.78, 5) is 0. The predicted octanol–water partition coefficient (Wildman–Crippen LogP) is 0.921. The van der Waals surface area contributed by atoms with Crippen molar-refractivity contribution in [2.45, 2.75) is 45.1 Å². The molecule has 0 bridgehead atoms. The van der Waals surface area contributed by atoms with Gasteiger partial charge >= 0.3 is 0 Å². The fraction of sp³-hybridized carbons (Fsp3) is 1.00. The van der Waals surface area contributed by atoms with Crippen molar-refractivity contribution in [1.29, 1.82) is 0 Å². The van der Waals surface area contributed by atoms with Gasteiger partial charge in [0.05, 0.1) is 19.3 Å². The normalized spacial score (nSPS) is 13.3. The van der Waals surface area contributed by atoms with Gasteiger partial charge in [-0.2, -0.15) is 0 Å². The Balaban J connectivity index is 3.59. The summed E-state index contributed by atoms with van der Waals surface area (Å²) in [6.45, 7) is 2.49. The lowest BCUT2D eigenvalue weighted by atomic mass is 10.1. The van der Waals surface area contributed by atoms with E-state index in [9.17, 15) is 5.11 Å². The van der Waals surface area contributed by atoms with E-state index in [-0.39, 0.29) is 30.2 Å². The van der Waals surface area contributed by atoms with Gasteiger partial charge in [-0.05, 0) is 17.3 Å². The Labute approximate surface area is 102 Å². The molecule has 0 radical (unpaired) electrons. The highest BCUT2D eigenvalue weighted by Gasteiger charge is 2.21. The van der Waals surface area contributed by atoms with Crippen LogP contribution in [0.25, 0.3) is 0 Å². The molecule has 0 aromatic rings. The summed E-state index contributed by atoms with van der Waals surface area (Å²) in [5.41, 5.74) is 0. The maximum atomic E-state index is 9.82. The molecule has 0 aromatic heterocycles. The number of rotatable bonds is 11. The van der Waals surface area contributed by atoms with E-state index in [0.717, 1.165) is 18.6 Å². The van der Waals surface area contributed by atoms with Crippen LogP contribution in [0.5, 0.6) is 0 Å². The molecule has 0 heterocycles. The molecule has 4 heteroatoms. The van der Waals surface area contributed by atoms with Crippen LogP contribution in [0.3, 0.4) is 0 Å². The minimum atomic E-state index is -0.252. The van der Waals surface area contributed by atoms with Crippen molar-refractivity contribution >= 4 is 10.9 Å². The maximum absolute atomic E-state index is 9.82. The molecule has 0 amide bonds. The van der Waals surface area contributed by atoms with E-state index in [1.165, 1.54) is 19.3 Å². The fourth-order valence-corrected chi connectivity index (χ4v) is 3.45. The van der Waals surface area contributed by atoms with Gasteiger partial charge < -0.3 is 15.3 Å². The molecular formula is C12H27O3S+. The van der Waals surface area contributed by atoms with Crippen LogP contribution in [0.1, 0.15) is 39.0 Å². The Morgan fingerprint density at radius 1 is 1.00 bits per heavy atom. The molecule has 1 unspecified atom stereocenters. The van der Waals surface area contributed by atoms with E-state index in [1.807, 2.05) is 0 Å². The Kier molecular flexibility index (Phi) is 11.9. The van der Waals surface area contributed by atoms with Gasteiger partial charge in [-0.25, -0.2) is 0 Å². The average molecular weight is 251 g/mol. The van der Waals surface area contributed by atoms with Crippen molar-refractivity contribution in [3.8, 4) is 0 Å². The van der Waals surface area contributed by atoms with Gasteiger partial charge in [-0.3, -0.25) is 0 Å². The molecule has 1 atom stereocenters. The molecule has 0 aliphatic carbocycles. The molecule has 0 rings (SSSR count). The lowest BCUT2D eigenvalue weighted by Gasteiger charge is -2.12. The highest BCUT2D eigenvalue weighted by molar-refractivity contribution is 7.96. The standard InChI is InChI=1S/C12H27O3S/c1-2-3-4-5-6-12(15)11-16(9-7-13)10-8-14/h12-15H,2-11H2,1H3/q+1. The highest BCUT2D eigenvalue weighted by Crippen LogP contribution is 2.09. The van der Waals surface area contributed by atoms with Gasteiger partial charge in [0, 0.05) is 0 Å². The van der Waals surface area contributed by atoms with Crippen LogP contribution in [0, 0.1) is 0 Å². The lowest BCUT2D eigenvalue weighted by Crippen LogP contribution is -2.28. The summed E-state index contributed by atoms with van der Waals surface area (Å²) in [5.74, 6) is 2.17. The van der Waals surface area contributed by atoms with Crippen molar-refractivity contribution in [2.24, 2.45) is 0 Å². The molecule has 3 N–H and O–H groups in total. The molecule has 16 heavy (non-hydrogen) atoms. The number of hydrogen-bond acceptors (Lipinski definition) is 3. The largest absolute Gasteiger partial charge is 0.391 e. The van der Waals surface area contributed by atoms with E-state index >= 15 is 0 Å². The third-order valence-electron chi connectivity index (χ3n) is 2.58. The van der Waals surface area contributed by atoms with Gasteiger partial charge in [-0.15, -0.1) is 0 Å². The number of unbranched alkanes of at least 4 members (excludes halogenated alkanes) is 3. The molecule has 0 aliphatic heterocycles. The predicted molar refractivity (Wildman–Crippen MR) is 70.9 cm³/mol. The minimum Gasteiger partial charge on any atom is -0.391 e. The summed E-state index contributed by atoms with van der Waals surface area (Å²) in [6, 6.07) is 0. The Hall–Kier alpha value is 0.230. The Morgan fingerprint density at radius 3 is 2.12 bits per heavy atom. The van der Waals surface area contributed by atoms with Crippen LogP contribution in [0.4, 0.5) is 0 Å². The van der Waals surface area contributed by atoms with Crippen molar-refractivity contribution < 1.29 is 15.3 Å². The van der Waals surface area contributed by atoms with E-state index < -0.39 is 0 Å². The van der Waals surface area contributed by atoms with Gasteiger partial charge in [0.15, 0.2) is 0 Å². The molecule has 0 saturated carbocycles. The van der Waals surface area contributed by atoms with Crippen molar-refractivity contribution in [3.05, 3.63) is 0 Å². The van der Waals surface area contributed by atoms with Crippen LogP contribution in [-0.4, -0.2) is 51.9 Å². The third-order valence-corrected chi connectivity index (χ3v) is 4.95. The van der Waals surface area contributed by atoms with E-state index in [0.29, 0.717) is 11.5 Å². The van der Waals surface area contributed by atoms with E-state index in [1.54, 1.807) is 0 Å². The van der Waals surface area contributed by atoms with Gasteiger partial charge in [-0.1, -0.05) is 32.6 Å². The zero-order chi connectivity index (χ0) is 12.2. The first-order valence-corrected chi connectivity index (χ1v) is 8.01. The van der Waals surface area contributed by atoms with Gasteiger partial charge in [0.1, 0.15) is 17.3 Å². The smallest absolute Gasteiger partial charge is 0.134 e. The quantitative estimate of drug-likeness (QED) is 0.378. The molecule has 0 saturated heterocycles. The number of aliphatic hydroxyl groups is 3. The first-order chi connectivity index (χ1) is 7.74. The minimum absolute atomic E-state index is 0.0118. The molecule has 0 aromatic carbocycles. The van der Waals surface area contributed by atoms with Crippen LogP contribution >= 0.6 is 0 Å². The topological polar surface area (TPSA) is 60.7 Å². The lowest BCUT2D eigenvalue weighted by molar-refractivity contribution is 0.184. The highest BCUT2D eigenvalue weighted by atomic mass is 32.2. The summed E-state index contributed by atoms with van der Waals surface area (Å²) in [6.07, 6.45) is 5.35. The summed E-state index contributed by atoms with van der Waals surface area (Å²) < 4.78 is 0. The summed E-state index contributed by atoms with van der Waals surface area (Å²) >= 11 is 0. The van der Waals surface area contributed by atoms with Gasteiger partial charge in [0.2, 0.25) is 0 Å². The van der Waals surface area contributed by atoms with Gasteiger partial charge in [0.25, 0.3) is 0 Å². The molecular weight excluding hydrogens is 224 g/mol. The van der Waals surface area contributed by atoms with Crippen molar-refractivity contribution in [2.75, 3.05) is 30.5 Å². The molecule has 3 nitrogen and oxygen atoms in total. The van der Waals surface area contributed by atoms with Crippen LogP contribution in [0.2, 0.25) is 0 Å². The Bertz CT molecular complexity index is 138. The molecule has 0 fully saturated rings. The van der Waals surface area contributed by atoms with Crippen LogP contribution in [0.15, 0.2) is 0 Å². The Morgan fingerprint density at radius 2 is 1.62 bits per heavy atom. The maximum Gasteiger partial charge on any atom is 0.134 e. The monoisotopic (exact) mass is 251 g/mol. The number of hydrogen-bond donors (Lipinski definition) is 3. The first kappa shape index (κ1) is 16.2. The molecule has 98 valence electrons.